The fraction of sp³-hybridized carbons (Fsp3) is 0.406. The van der Waals surface area contributed by atoms with Crippen LogP contribution in [0.1, 0.15) is 44.1 Å². The highest BCUT2D eigenvalue weighted by atomic mass is 79.9. The summed E-state index contributed by atoms with van der Waals surface area (Å²) in [6.07, 6.45) is 2.38. The number of rotatable bonds is 7. The first-order chi connectivity index (χ1) is 20.9. The molecule has 3 fully saturated rings. The second-order valence-electron chi connectivity index (χ2n) is 12.0. The monoisotopic (exact) mass is 728 g/mol. The van der Waals surface area contributed by atoms with E-state index in [1.807, 2.05) is 6.08 Å². The Hall–Kier alpha value is -3.51. The van der Waals surface area contributed by atoms with Gasteiger partial charge in [-0.2, -0.15) is 0 Å². The van der Waals surface area contributed by atoms with Gasteiger partial charge in [-0.3, -0.25) is 28.9 Å². The summed E-state index contributed by atoms with van der Waals surface area (Å²) in [5, 5.41) is 19.8. The van der Waals surface area contributed by atoms with Crippen molar-refractivity contribution in [3.05, 3.63) is 62.6 Å². The third-order valence-corrected chi connectivity index (χ3v) is 12.0. The molecule has 2 saturated heterocycles. The van der Waals surface area contributed by atoms with Gasteiger partial charge >= 0.3 is 5.97 Å². The normalized spacial score (nSPS) is 29.4. The van der Waals surface area contributed by atoms with Crippen molar-refractivity contribution >= 4 is 67.1 Å². The molecule has 0 unspecified atom stereocenters. The molecule has 0 spiro atoms. The number of nitrogens with zero attached hydrogens (tertiary/aromatic N) is 2. The number of carboxylic acid groups (broad SMARTS) is 1. The molecular weight excluding hydrogens is 700 g/mol. The Morgan fingerprint density at radius 3 is 2.41 bits per heavy atom. The predicted octanol–water partition coefficient (Wildman–Crippen LogP) is 5.02. The predicted molar refractivity (Wildman–Crippen MR) is 165 cm³/mol. The van der Waals surface area contributed by atoms with E-state index >= 15 is 0 Å². The number of phenols is 1. The number of allylic oxidation sites excluding steroid dienone is 2. The maximum Gasteiger partial charge on any atom is 0.303 e. The molecule has 0 bridgehead atoms. The van der Waals surface area contributed by atoms with Gasteiger partial charge in [-0.05, 0) is 87.7 Å². The summed E-state index contributed by atoms with van der Waals surface area (Å²) in [4.78, 5) is 69.6. The Morgan fingerprint density at radius 2 is 1.75 bits per heavy atom. The van der Waals surface area contributed by atoms with Gasteiger partial charge in [0.2, 0.25) is 23.6 Å². The lowest BCUT2D eigenvalue weighted by Crippen LogP contribution is -2.49. The number of carbonyl (C=O) groups excluding carboxylic acids is 4. The van der Waals surface area contributed by atoms with E-state index in [2.05, 4.69) is 31.9 Å². The quantitative estimate of drug-likeness (QED) is 0.299. The van der Waals surface area contributed by atoms with E-state index in [1.54, 1.807) is 43.3 Å². The van der Waals surface area contributed by atoms with Gasteiger partial charge in [-0.15, -0.1) is 0 Å². The Labute approximate surface area is 270 Å². The Kier molecular flexibility index (Phi) is 7.72. The maximum absolute atomic E-state index is 14.5. The fourth-order valence-electron chi connectivity index (χ4n) is 7.83. The summed E-state index contributed by atoms with van der Waals surface area (Å²) in [7, 11) is 1.42. The molecule has 4 amide bonds. The molecule has 4 aliphatic rings. The molecule has 44 heavy (non-hydrogen) atoms. The number of benzene rings is 2. The lowest BCUT2D eigenvalue weighted by Gasteiger charge is -2.49. The van der Waals surface area contributed by atoms with Crippen molar-refractivity contribution < 1.29 is 38.9 Å². The molecule has 1 saturated carbocycles. The lowest BCUT2D eigenvalue weighted by molar-refractivity contribution is -0.142. The average Bonchev–Trinajstić information content (AvgIpc) is 3.36. The minimum Gasteiger partial charge on any atom is -0.503 e. The minimum absolute atomic E-state index is 0.0104. The number of halogens is 2. The number of fused-ring (bicyclic) bond motifs is 4. The van der Waals surface area contributed by atoms with Crippen molar-refractivity contribution in [3.63, 3.8) is 0 Å². The molecule has 2 aliphatic heterocycles. The first-order valence-corrected chi connectivity index (χ1v) is 16.0. The van der Waals surface area contributed by atoms with E-state index < -0.39 is 41.0 Å². The number of likely N-dealkylation sites (tertiary alicyclic amines) is 1. The van der Waals surface area contributed by atoms with E-state index in [4.69, 9.17) is 9.84 Å². The van der Waals surface area contributed by atoms with Crippen LogP contribution in [0.4, 0.5) is 5.69 Å². The van der Waals surface area contributed by atoms with E-state index in [-0.39, 0.29) is 67.4 Å². The van der Waals surface area contributed by atoms with Crippen LogP contribution in [0.25, 0.3) is 0 Å². The van der Waals surface area contributed by atoms with Crippen LogP contribution >= 0.6 is 31.9 Å². The molecule has 6 rings (SSSR count). The maximum atomic E-state index is 14.5. The lowest BCUT2D eigenvalue weighted by atomic mass is 9.51. The van der Waals surface area contributed by atoms with Crippen LogP contribution in [0.3, 0.4) is 0 Å². The van der Waals surface area contributed by atoms with E-state index in [0.29, 0.717) is 20.2 Å². The van der Waals surface area contributed by atoms with E-state index in [9.17, 15) is 29.1 Å². The van der Waals surface area contributed by atoms with Crippen molar-refractivity contribution in [1.29, 1.82) is 0 Å². The van der Waals surface area contributed by atoms with Gasteiger partial charge < -0.3 is 14.9 Å². The number of carboxylic acids is 1. The second-order valence-corrected chi connectivity index (χ2v) is 13.6. The fourth-order valence-corrected chi connectivity index (χ4v) is 8.79. The molecule has 6 atom stereocenters. The Balaban J connectivity index is 1.50. The molecule has 2 heterocycles. The molecule has 2 aromatic carbocycles. The summed E-state index contributed by atoms with van der Waals surface area (Å²) in [5.74, 6) is -5.83. The number of aliphatic carboxylic acids is 1. The zero-order valence-electron chi connectivity index (χ0n) is 24.0. The first-order valence-electron chi connectivity index (χ1n) is 14.4. The van der Waals surface area contributed by atoms with Crippen molar-refractivity contribution in [3.8, 4) is 11.5 Å². The Bertz CT molecular complexity index is 1640. The van der Waals surface area contributed by atoms with Crippen molar-refractivity contribution in [1.82, 2.24) is 4.90 Å². The summed E-state index contributed by atoms with van der Waals surface area (Å²) in [6.45, 7) is 1.80. The molecule has 0 radical (unpaired) electrons. The topological polar surface area (TPSA) is 142 Å². The molecular formula is C32H30Br2N2O8. The van der Waals surface area contributed by atoms with Gasteiger partial charge in [0, 0.05) is 23.4 Å². The van der Waals surface area contributed by atoms with Gasteiger partial charge in [0.15, 0.2) is 11.5 Å². The van der Waals surface area contributed by atoms with Crippen molar-refractivity contribution in [2.24, 2.45) is 29.1 Å². The SMILES string of the molecule is COc1cc([C@H]2C3=CC[C@@H]4C(=O)N(CCCC(=O)O)C(=O)[C@@H]4[C@@H]3C[C@H]3C(=O)N(c4ccccc4)C(=O)[C@@]23C)c(Br)c(Br)c1O. The summed E-state index contributed by atoms with van der Waals surface area (Å²) < 4.78 is 6.27. The van der Waals surface area contributed by atoms with Gasteiger partial charge in [-0.25, -0.2) is 4.90 Å². The number of hydrogen-bond acceptors (Lipinski definition) is 7. The number of aromatic hydroxyl groups is 1. The number of phenolic OH excluding ortho intramolecular Hbond substituents is 1. The van der Waals surface area contributed by atoms with Crippen LogP contribution in [0.5, 0.6) is 11.5 Å². The van der Waals surface area contributed by atoms with Gasteiger partial charge in [0.25, 0.3) is 0 Å². The molecule has 2 aromatic rings. The smallest absolute Gasteiger partial charge is 0.303 e. The standard InChI is InChI=1S/C32H30Br2N2O8/c1-32-20(29(41)36(31(32)43)15-7-4-3-5-8-15)13-18-16(24(32)19-14-21(44-2)27(39)26(34)25(19)33)10-11-17-23(18)30(42)35(28(17)40)12-6-9-22(37)38/h3-5,7-8,10,14,17-18,20,23-24,39H,6,9,11-13H2,1-2H3,(H,37,38)/t17-,18+,20-,23-,24+,32+/m0/s1. The molecule has 2 aliphatic carbocycles. The van der Waals surface area contributed by atoms with Gasteiger partial charge in [0.1, 0.15) is 0 Å². The molecule has 230 valence electrons. The van der Waals surface area contributed by atoms with Crippen LogP contribution in [-0.4, -0.2) is 58.4 Å². The van der Waals surface area contributed by atoms with Crippen molar-refractivity contribution in [2.45, 2.75) is 38.5 Å². The number of ether oxygens (including phenoxy) is 1. The van der Waals surface area contributed by atoms with Crippen LogP contribution in [0, 0.1) is 29.1 Å². The highest BCUT2D eigenvalue weighted by Crippen LogP contribution is 2.65. The third-order valence-electron chi connectivity index (χ3n) is 9.86. The summed E-state index contributed by atoms with van der Waals surface area (Å²) >= 11 is 7.05. The zero-order valence-corrected chi connectivity index (χ0v) is 27.1. The minimum atomic E-state index is -1.27. The van der Waals surface area contributed by atoms with Crippen molar-refractivity contribution in [2.75, 3.05) is 18.6 Å². The van der Waals surface area contributed by atoms with Crippen LogP contribution in [-0.2, 0) is 24.0 Å². The summed E-state index contributed by atoms with van der Waals surface area (Å²) in [5.41, 5.74) is 0.570. The van der Waals surface area contributed by atoms with E-state index in [0.717, 1.165) is 5.57 Å². The number of imide groups is 2. The second kappa shape index (κ2) is 11.1. The summed E-state index contributed by atoms with van der Waals surface area (Å²) in [6, 6.07) is 10.4. The largest absolute Gasteiger partial charge is 0.503 e. The third kappa shape index (κ3) is 4.35. The number of amides is 4. The van der Waals surface area contributed by atoms with Gasteiger partial charge in [-0.1, -0.05) is 29.8 Å². The Morgan fingerprint density at radius 1 is 1.05 bits per heavy atom. The highest BCUT2D eigenvalue weighted by Gasteiger charge is 2.67. The van der Waals surface area contributed by atoms with Crippen LogP contribution in [0.2, 0.25) is 0 Å². The zero-order chi connectivity index (χ0) is 31.7. The van der Waals surface area contributed by atoms with Crippen LogP contribution in [0.15, 0.2) is 57.0 Å². The van der Waals surface area contributed by atoms with Gasteiger partial charge in [0.05, 0.1) is 40.4 Å². The highest BCUT2D eigenvalue weighted by molar-refractivity contribution is 9.13. The first kappa shape index (κ1) is 30.5. The number of carbonyl (C=O) groups is 5. The molecule has 12 heteroatoms. The number of anilines is 1. The number of methoxy groups -OCH3 is 1. The average molecular weight is 730 g/mol. The van der Waals surface area contributed by atoms with Crippen LogP contribution < -0.4 is 9.64 Å². The number of hydrogen-bond donors (Lipinski definition) is 2. The van der Waals surface area contributed by atoms with E-state index in [1.165, 1.54) is 16.9 Å². The molecule has 10 nitrogen and oxygen atoms in total. The molecule has 0 aromatic heterocycles. The molecule has 2 N–H and O–H groups in total. The number of para-hydroxylation sites is 1.